The summed E-state index contributed by atoms with van der Waals surface area (Å²) in [5.41, 5.74) is 2.07. The fourth-order valence-electron chi connectivity index (χ4n) is 3.01. The molecule has 1 aromatic carbocycles. The van der Waals surface area contributed by atoms with Crippen LogP contribution in [0, 0.1) is 0 Å². The van der Waals surface area contributed by atoms with Crippen LogP contribution in [0.25, 0.3) is 10.9 Å². The maximum atomic E-state index is 12.5. The number of nitrogens with zero attached hydrogens (tertiary/aromatic N) is 1. The second-order valence-electron chi connectivity index (χ2n) is 6.92. The Kier molecular flexibility index (Phi) is 5.02. The van der Waals surface area contributed by atoms with Gasteiger partial charge in [-0.25, -0.2) is 0 Å². The van der Waals surface area contributed by atoms with Crippen LogP contribution < -0.4 is 9.46 Å². The van der Waals surface area contributed by atoms with Gasteiger partial charge in [-0.3, -0.25) is 0 Å². The van der Waals surface area contributed by atoms with Crippen LogP contribution in [0.3, 0.4) is 0 Å². The van der Waals surface area contributed by atoms with Crippen molar-refractivity contribution >= 4 is 45.5 Å². The smallest absolute Gasteiger partial charge is 0.145 e. The Morgan fingerprint density at radius 3 is 2.71 bits per heavy atom. The van der Waals surface area contributed by atoms with E-state index < -0.39 is 11.4 Å². The summed E-state index contributed by atoms with van der Waals surface area (Å²) in [6, 6.07) is 3.83. The molecule has 0 aliphatic carbocycles. The molecule has 2 heterocycles. The Balaban J connectivity index is 2.10. The first-order valence-electron chi connectivity index (χ1n) is 8.06. The predicted molar refractivity (Wildman–Crippen MR) is 102 cm³/mol. The number of aromatic nitrogens is 1. The molecule has 2 atom stereocenters. The maximum absolute atomic E-state index is 12.5. The van der Waals surface area contributed by atoms with Crippen LogP contribution in [0.15, 0.2) is 12.1 Å². The van der Waals surface area contributed by atoms with Crippen molar-refractivity contribution in [2.24, 2.45) is 0 Å². The van der Waals surface area contributed by atoms with E-state index in [4.69, 9.17) is 27.9 Å². The highest BCUT2D eigenvalue weighted by Crippen LogP contribution is 2.43. The minimum absolute atomic E-state index is 0.0472. The van der Waals surface area contributed by atoms with Crippen molar-refractivity contribution in [1.82, 2.24) is 9.29 Å². The average molecular weight is 389 g/mol. The Hall–Kier alpha value is -0.590. The summed E-state index contributed by atoms with van der Waals surface area (Å²) in [5, 5.41) is 1.91. The zero-order chi connectivity index (χ0) is 17.6. The van der Waals surface area contributed by atoms with Crippen LogP contribution in [-0.4, -0.2) is 20.5 Å². The Morgan fingerprint density at radius 1 is 1.38 bits per heavy atom. The Labute approximate surface area is 155 Å². The molecular weight excluding hydrogens is 367 g/mol. The summed E-state index contributed by atoms with van der Waals surface area (Å²) in [6.45, 7) is 8.36. The van der Waals surface area contributed by atoms with E-state index in [-0.39, 0.29) is 10.9 Å². The van der Waals surface area contributed by atoms with Gasteiger partial charge in [-0.05, 0) is 46.6 Å². The quantitative estimate of drug-likeness (QED) is 0.761. The molecule has 1 aromatic heterocycles. The molecule has 4 nitrogen and oxygen atoms in total. The maximum Gasteiger partial charge on any atom is 0.145 e. The molecule has 1 aliphatic heterocycles. The molecule has 0 saturated heterocycles. The Bertz CT molecular complexity index is 770. The fourth-order valence-corrected chi connectivity index (χ4v) is 4.24. The summed E-state index contributed by atoms with van der Waals surface area (Å²) >= 11 is 11.5. The van der Waals surface area contributed by atoms with E-state index in [0.717, 1.165) is 29.4 Å². The van der Waals surface area contributed by atoms with Crippen molar-refractivity contribution in [3.05, 3.63) is 27.9 Å². The minimum atomic E-state index is -1.15. The monoisotopic (exact) mass is 388 g/mol. The van der Waals surface area contributed by atoms with Gasteiger partial charge >= 0.3 is 0 Å². The molecule has 0 fully saturated rings. The molecule has 24 heavy (non-hydrogen) atoms. The van der Waals surface area contributed by atoms with Gasteiger partial charge in [-0.15, -0.1) is 4.72 Å². The van der Waals surface area contributed by atoms with Crippen LogP contribution in [0.4, 0.5) is 0 Å². The van der Waals surface area contributed by atoms with Gasteiger partial charge < -0.3 is 13.9 Å². The summed E-state index contributed by atoms with van der Waals surface area (Å²) in [5.74, 6) is 0.711. The topological polar surface area (TPSA) is 49.2 Å². The van der Waals surface area contributed by atoms with Crippen LogP contribution in [-0.2, 0) is 17.8 Å². The van der Waals surface area contributed by atoms with Gasteiger partial charge in [-0.2, -0.15) is 0 Å². The average Bonchev–Trinajstić information content (AvgIpc) is 3.04. The molecule has 7 heteroatoms. The van der Waals surface area contributed by atoms with Gasteiger partial charge in [0.05, 0.1) is 22.2 Å². The van der Waals surface area contributed by atoms with Gasteiger partial charge in [0.25, 0.3) is 0 Å². The van der Waals surface area contributed by atoms with Crippen LogP contribution in [0.2, 0.25) is 10.0 Å². The van der Waals surface area contributed by atoms with Crippen molar-refractivity contribution in [3.63, 3.8) is 0 Å². The van der Waals surface area contributed by atoms with Crippen molar-refractivity contribution in [1.29, 1.82) is 0 Å². The zero-order valence-electron chi connectivity index (χ0n) is 14.3. The van der Waals surface area contributed by atoms with Crippen molar-refractivity contribution < 1.29 is 9.29 Å². The number of rotatable bonds is 4. The first-order valence-corrected chi connectivity index (χ1v) is 9.97. The van der Waals surface area contributed by atoms with Gasteiger partial charge in [-0.1, -0.05) is 23.2 Å². The number of fused-ring (bicyclic) bond motifs is 3. The zero-order valence-corrected chi connectivity index (χ0v) is 16.6. The molecule has 2 aromatic rings. The molecule has 0 spiro atoms. The summed E-state index contributed by atoms with van der Waals surface area (Å²) in [7, 11) is 0. The van der Waals surface area contributed by atoms with Gasteiger partial charge in [0.15, 0.2) is 0 Å². The number of halogens is 2. The molecule has 1 N–H and O–H groups in total. The number of aryl methyl sites for hydroxylation is 1. The lowest BCUT2D eigenvalue weighted by Gasteiger charge is -2.27. The molecule has 1 unspecified atom stereocenters. The molecule has 0 saturated carbocycles. The lowest BCUT2D eigenvalue weighted by atomic mass is 10.2. The standard InChI is InChI=1S/C17H22Cl2N2O2S/c1-5-23-13-9-12(18)15(19)11-8-10-6-7-14(21(10)16(11)13)20-24(22)17(2,3)4/h8-9,14,20H,5-7H2,1-4H3/t14-,24?/m1/s1. The fraction of sp³-hybridized carbons (Fsp3) is 0.529. The highest BCUT2D eigenvalue weighted by molar-refractivity contribution is 7.90. The van der Waals surface area contributed by atoms with Crippen molar-refractivity contribution in [3.8, 4) is 5.75 Å². The lowest BCUT2D eigenvalue weighted by Crippen LogP contribution is -2.42. The van der Waals surface area contributed by atoms with E-state index in [9.17, 15) is 4.55 Å². The second-order valence-corrected chi connectivity index (χ2v) is 9.71. The number of benzene rings is 1. The first-order chi connectivity index (χ1) is 11.2. The van der Waals surface area contributed by atoms with E-state index in [0.29, 0.717) is 22.4 Å². The normalized spacial score (nSPS) is 18.9. The summed E-state index contributed by atoms with van der Waals surface area (Å²) in [4.78, 5) is 0. The third-order valence-electron chi connectivity index (χ3n) is 4.14. The van der Waals surface area contributed by atoms with Crippen molar-refractivity contribution in [2.45, 2.75) is 51.4 Å². The van der Waals surface area contributed by atoms with E-state index in [2.05, 4.69) is 15.4 Å². The Morgan fingerprint density at radius 2 is 2.08 bits per heavy atom. The third-order valence-corrected chi connectivity index (χ3v) is 6.54. The molecule has 0 radical (unpaired) electrons. The van der Waals surface area contributed by atoms with Gasteiger partial charge in [0.1, 0.15) is 16.7 Å². The lowest BCUT2D eigenvalue weighted by molar-refractivity contribution is 0.341. The van der Waals surface area contributed by atoms with E-state index in [1.807, 2.05) is 27.7 Å². The number of nitrogens with one attached hydrogen (secondary N) is 1. The summed E-state index contributed by atoms with van der Waals surface area (Å²) < 4.78 is 23.4. The number of hydrogen-bond acceptors (Lipinski definition) is 3. The van der Waals surface area contributed by atoms with E-state index in [1.54, 1.807) is 6.07 Å². The van der Waals surface area contributed by atoms with E-state index in [1.165, 1.54) is 0 Å². The highest BCUT2D eigenvalue weighted by Gasteiger charge is 2.34. The SMILES string of the molecule is CCOc1cc(Cl)c(Cl)c2cc3n(c12)[C@@H](N[S+]([O-])C(C)(C)C)CC3. The van der Waals surface area contributed by atoms with Gasteiger partial charge in [0, 0.05) is 28.5 Å². The molecule has 1 aliphatic rings. The van der Waals surface area contributed by atoms with Crippen LogP contribution in [0.1, 0.15) is 46.0 Å². The second kappa shape index (κ2) is 6.61. The third kappa shape index (κ3) is 3.13. The van der Waals surface area contributed by atoms with Crippen molar-refractivity contribution in [2.75, 3.05) is 6.61 Å². The van der Waals surface area contributed by atoms with Gasteiger partial charge in [0.2, 0.25) is 0 Å². The largest absolute Gasteiger partial charge is 0.598 e. The van der Waals surface area contributed by atoms with E-state index >= 15 is 0 Å². The molecule has 132 valence electrons. The van der Waals surface area contributed by atoms with Crippen LogP contribution in [0.5, 0.6) is 5.75 Å². The van der Waals surface area contributed by atoms with Crippen LogP contribution >= 0.6 is 23.2 Å². The molecule has 3 rings (SSSR count). The number of ether oxygens (including phenoxy) is 1. The molecule has 0 amide bonds. The highest BCUT2D eigenvalue weighted by atomic mass is 35.5. The molecule has 0 bridgehead atoms. The molecular formula is C17H22Cl2N2O2S. The summed E-state index contributed by atoms with van der Waals surface area (Å²) in [6.07, 6.45) is 1.74. The first kappa shape index (κ1) is 18.2. The predicted octanol–water partition coefficient (Wildman–Crippen LogP) is 4.84. The minimum Gasteiger partial charge on any atom is -0.598 e. The number of hydrogen-bond donors (Lipinski definition) is 1.